The average Bonchev–Trinajstić information content (AvgIpc) is 2.36. The highest BCUT2D eigenvalue weighted by Gasteiger charge is 2.17. The summed E-state index contributed by atoms with van der Waals surface area (Å²) in [7, 11) is 4.27. The molecule has 0 heterocycles. The third-order valence-corrected chi connectivity index (χ3v) is 3.00. The van der Waals surface area contributed by atoms with Gasteiger partial charge in [0.1, 0.15) is 0 Å². The average molecular weight is 254 g/mol. The first-order valence-electron chi connectivity index (χ1n) is 6.75. The molecule has 0 aliphatic heterocycles. The quantitative estimate of drug-likeness (QED) is 0.451. The second kappa shape index (κ2) is 11.4. The molecule has 1 atom stereocenters. The number of allylic oxidation sites excluding steroid dienone is 3. The maximum Gasteiger partial charge on any atom is 0.0653 e. The van der Waals surface area contributed by atoms with Crippen molar-refractivity contribution in [2.24, 2.45) is 11.5 Å². The Morgan fingerprint density at radius 2 is 1.67 bits per heavy atom. The van der Waals surface area contributed by atoms with Crippen LogP contribution in [0.3, 0.4) is 0 Å². The van der Waals surface area contributed by atoms with E-state index in [9.17, 15) is 0 Å². The van der Waals surface area contributed by atoms with E-state index in [2.05, 4.69) is 42.1 Å². The van der Waals surface area contributed by atoms with Crippen molar-refractivity contribution < 1.29 is 0 Å². The molecule has 0 bridgehead atoms. The molecule has 1 unspecified atom stereocenters. The maximum absolute atomic E-state index is 5.63. The lowest BCUT2D eigenvalue weighted by atomic mass is 10.2. The number of hydrogen-bond acceptors (Lipinski definition) is 4. The Kier molecular flexibility index (Phi) is 11.0. The summed E-state index contributed by atoms with van der Waals surface area (Å²) in [5.74, 6) is 0. The number of rotatable bonds is 10. The molecule has 0 amide bonds. The minimum absolute atomic E-state index is 0.390. The van der Waals surface area contributed by atoms with E-state index in [1.165, 1.54) is 0 Å². The Balaban J connectivity index is 4.39. The first kappa shape index (κ1) is 17.3. The summed E-state index contributed by atoms with van der Waals surface area (Å²) in [5, 5.41) is 0. The van der Waals surface area contributed by atoms with E-state index in [-0.39, 0.29) is 0 Å². The molecule has 18 heavy (non-hydrogen) atoms. The summed E-state index contributed by atoms with van der Waals surface area (Å²) in [5.41, 5.74) is 11.2. The van der Waals surface area contributed by atoms with E-state index < -0.39 is 0 Å². The standard InChI is InChI=1S/C14H30N4/c1-4-5-6-7-9-14(18(3)13-11-16)17(2)12-8-10-15/h4-7,14H,8-13,15-16H2,1-3H3/b5-4-,7-6-. The normalized spacial score (nSPS) is 14.4. The van der Waals surface area contributed by atoms with Crippen molar-refractivity contribution >= 4 is 0 Å². The van der Waals surface area contributed by atoms with Crippen LogP contribution in [-0.4, -0.2) is 56.2 Å². The van der Waals surface area contributed by atoms with Crippen LogP contribution in [0.5, 0.6) is 0 Å². The van der Waals surface area contributed by atoms with Crippen molar-refractivity contribution in [3.63, 3.8) is 0 Å². The predicted octanol–water partition coefficient (Wildman–Crippen LogP) is 1.01. The van der Waals surface area contributed by atoms with E-state index in [0.717, 1.165) is 32.5 Å². The smallest absolute Gasteiger partial charge is 0.0653 e. The third kappa shape index (κ3) is 7.61. The zero-order chi connectivity index (χ0) is 13.8. The van der Waals surface area contributed by atoms with Crippen LogP contribution in [0.25, 0.3) is 0 Å². The molecule has 4 N–H and O–H groups in total. The van der Waals surface area contributed by atoms with Crippen LogP contribution in [0, 0.1) is 0 Å². The molecular weight excluding hydrogens is 224 g/mol. The lowest BCUT2D eigenvalue weighted by molar-refractivity contribution is 0.0868. The number of hydrogen-bond donors (Lipinski definition) is 2. The van der Waals surface area contributed by atoms with Crippen LogP contribution in [0.15, 0.2) is 24.3 Å². The highest BCUT2D eigenvalue weighted by Crippen LogP contribution is 2.08. The predicted molar refractivity (Wildman–Crippen MR) is 80.3 cm³/mol. The summed E-state index contributed by atoms with van der Waals surface area (Å²) < 4.78 is 0. The first-order valence-corrected chi connectivity index (χ1v) is 6.75. The van der Waals surface area contributed by atoms with Gasteiger partial charge >= 0.3 is 0 Å². The SMILES string of the molecule is C/C=C\C=C/CC(N(C)CCN)N(C)CCCN. The van der Waals surface area contributed by atoms with Crippen LogP contribution in [0.2, 0.25) is 0 Å². The summed E-state index contributed by atoms with van der Waals surface area (Å²) in [6.07, 6.45) is 10.8. The fourth-order valence-electron chi connectivity index (χ4n) is 1.93. The van der Waals surface area contributed by atoms with Crippen LogP contribution in [-0.2, 0) is 0 Å². The van der Waals surface area contributed by atoms with Gasteiger partial charge < -0.3 is 11.5 Å². The molecule has 106 valence electrons. The van der Waals surface area contributed by atoms with E-state index >= 15 is 0 Å². The summed E-state index contributed by atoms with van der Waals surface area (Å²) in [4.78, 5) is 4.65. The number of nitrogens with zero attached hydrogens (tertiary/aromatic N) is 2. The fraction of sp³-hybridized carbons (Fsp3) is 0.714. The van der Waals surface area contributed by atoms with Gasteiger partial charge in [0.05, 0.1) is 6.17 Å². The molecule has 0 aliphatic carbocycles. The Morgan fingerprint density at radius 3 is 2.22 bits per heavy atom. The second-order valence-electron chi connectivity index (χ2n) is 4.56. The van der Waals surface area contributed by atoms with E-state index in [1.54, 1.807) is 0 Å². The molecular formula is C14H30N4. The van der Waals surface area contributed by atoms with Crippen molar-refractivity contribution in [2.45, 2.75) is 25.9 Å². The zero-order valence-corrected chi connectivity index (χ0v) is 12.2. The Hall–Kier alpha value is -0.680. The van der Waals surface area contributed by atoms with Gasteiger partial charge in [0.15, 0.2) is 0 Å². The van der Waals surface area contributed by atoms with Crippen LogP contribution in [0.4, 0.5) is 0 Å². The van der Waals surface area contributed by atoms with Gasteiger partial charge in [-0.25, -0.2) is 0 Å². The summed E-state index contributed by atoms with van der Waals surface area (Å²) in [6.45, 7) is 5.39. The molecule has 0 saturated carbocycles. The highest BCUT2D eigenvalue weighted by atomic mass is 15.3. The minimum Gasteiger partial charge on any atom is -0.330 e. The molecule has 0 fully saturated rings. The van der Waals surface area contributed by atoms with E-state index in [1.807, 2.05) is 13.0 Å². The number of likely N-dealkylation sites (N-methyl/N-ethyl adjacent to an activating group) is 1. The van der Waals surface area contributed by atoms with Crippen LogP contribution in [0.1, 0.15) is 19.8 Å². The van der Waals surface area contributed by atoms with Gasteiger partial charge in [-0.05, 0) is 40.4 Å². The van der Waals surface area contributed by atoms with Crippen molar-refractivity contribution in [1.29, 1.82) is 0 Å². The van der Waals surface area contributed by atoms with Gasteiger partial charge in [-0.2, -0.15) is 0 Å². The molecule has 0 rings (SSSR count). The Morgan fingerprint density at radius 1 is 1.00 bits per heavy atom. The first-order chi connectivity index (χ1) is 8.67. The molecule has 0 aromatic heterocycles. The molecule has 0 saturated heterocycles. The molecule has 0 aromatic rings. The second-order valence-corrected chi connectivity index (χ2v) is 4.56. The summed E-state index contributed by atoms with van der Waals surface area (Å²) >= 11 is 0. The molecule has 0 aliphatic rings. The monoisotopic (exact) mass is 254 g/mol. The zero-order valence-electron chi connectivity index (χ0n) is 12.2. The van der Waals surface area contributed by atoms with Gasteiger partial charge in [0, 0.05) is 19.6 Å². The van der Waals surface area contributed by atoms with Crippen molar-refractivity contribution in [3.05, 3.63) is 24.3 Å². The topological polar surface area (TPSA) is 58.5 Å². The highest BCUT2D eigenvalue weighted by molar-refractivity contribution is 5.02. The lowest BCUT2D eigenvalue weighted by Crippen LogP contribution is -2.46. The van der Waals surface area contributed by atoms with Gasteiger partial charge in [-0.15, -0.1) is 0 Å². The molecule has 4 nitrogen and oxygen atoms in total. The largest absolute Gasteiger partial charge is 0.330 e. The lowest BCUT2D eigenvalue weighted by Gasteiger charge is -2.34. The molecule has 0 radical (unpaired) electrons. The van der Waals surface area contributed by atoms with E-state index in [4.69, 9.17) is 11.5 Å². The molecule has 0 spiro atoms. The van der Waals surface area contributed by atoms with Gasteiger partial charge in [0.2, 0.25) is 0 Å². The van der Waals surface area contributed by atoms with Crippen molar-refractivity contribution in [3.8, 4) is 0 Å². The Bertz CT molecular complexity index is 238. The fourth-order valence-corrected chi connectivity index (χ4v) is 1.93. The van der Waals surface area contributed by atoms with Crippen molar-refractivity contribution in [1.82, 2.24) is 9.80 Å². The summed E-state index contributed by atoms with van der Waals surface area (Å²) in [6, 6.07) is 0. The van der Waals surface area contributed by atoms with Crippen LogP contribution >= 0.6 is 0 Å². The van der Waals surface area contributed by atoms with E-state index in [0.29, 0.717) is 12.7 Å². The molecule has 0 aromatic carbocycles. The Labute approximate surface area is 112 Å². The van der Waals surface area contributed by atoms with Crippen LogP contribution < -0.4 is 11.5 Å². The minimum atomic E-state index is 0.390. The van der Waals surface area contributed by atoms with Gasteiger partial charge in [-0.3, -0.25) is 9.80 Å². The maximum atomic E-state index is 5.63. The third-order valence-electron chi connectivity index (χ3n) is 3.00. The molecule has 4 heteroatoms. The van der Waals surface area contributed by atoms with Gasteiger partial charge in [-0.1, -0.05) is 24.3 Å². The van der Waals surface area contributed by atoms with Gasteiger partial charge in [0.25, 0.3) is 0 Å². The number of nitrogens with two attached hydrogens (primary N) is 2. The van der Waals surface area contributed by atoms with Crippen molar-refractivity contribution in [2.75, 3.05) is 40.3 Å².